The molecule has 0 heterocycles. The third-order valence-corrected chi connectivity index (χ3v) is 8.41. The summed E-state index contributed by atoms with van der Waals surface area (Å²) in [5.41, 5.74) is 1.86. The van der Waals surface area contributed by atoms with E-state index in [1.807, 2.05) is 26.0 Å². The van der Waals surface area contributed by atoms with Gasteiger partial charge in [-0.05, 0) is 55.2 Å². The van der Waals surface area contributed by atoms with E-state index in [-0.39, 0.29) is 17.3 Å². The number of carbonyl (C=O) groups excluding carboxylic acids is 2. The van der Waals surface area contributed by atoms with Gasteiger partial charge in [-0.1, -0.05) is 80.0 Å². The van der Waals surface area contributed by atoms with Gasteiger partial charge in [-0.2, -0.15) is 0 Å². The van der Waals surface area contributed by atoms with Gasteiger partial charge in [-0.25, -0.2) is 8.42 Å². The molecular weight excluding hydrogens is 522 g/mol. The van der Waals surface area contributed by atoms with Gasteiger partial charge in [0.2, 0.25) is 11.8 Å². The predicted octanol–water partition coefficient (Wildman–Crippen LogP) is 5.04. The summed E-state index contributed by atoms with van der Waals surface area (Å²) in [6.07, 6.45) is 1.32. The lowest BCUT2D eigenvalue weighted by Crippen LogP contribution is -2.51. The van der Waals surface area contributed by atoms with Crippen LogP contribution in [0.5, 0.6) is 0 Å². The van der Waals surface area contributed by atoms with E-state index in [0.29, 0.717) is 29.2 Å². The minimum Gasteiger partial charge on any atom is -0.354 e. The Hall–Kier alpha value is -3.36. The standard InChI is InChI=1S/C29H34ClN3O4S/c1-4-19-31-29(35)22(3)32(20-24-14-9-11-17-26(24)30)28(34)21-33(27-18-12-10-13-23(27)5-2)38(36,37)25-15-7-6-8-16-25/h6-18,22H,4-5,19-21H2,1-3H3,(H,31,35). The molecule has 0 spiro atoms. The average Bonchev–Trinajstić information content (AvgIpc) is 2.94. The van der Waals surface area contributed by atoms with Crippen LogP contribution >= 0.6 is 11.6 Å². The minimum atomic E-state index is -4.10. The smallest absolute Gasteiger partial charge is 0.264 e. The lowest BCUT2D eigenvalue weighted by Gasteiger charge is -2.32. The largest absolute Gasteiger partial charge is 0.354 e. The number of rotatable bonds is 12. The van der Waals surface area contributed by atoms with E-state index in [1.165, 1.54) is 17.0 Å². The van der Waals surface area contributed by atoms with E-state index in [9.17, 15) is 18.0 Å². The number of aryl methyl sites for hydroxylation is 1. The maximum Gasteiger partial charge on any atom is 0.264 e. The molecule has 3 aromatic carbocycles. The third-order valence-electron chi connectivity index (χ3n) is 6.27. The molecule has 38 heavy (non-hydrogen) atoms. The van der Waals surface area contributed by atoms with Gasteiger partial charge >= 0.3 is 0 Å². The van der Waals surface area contributed by atoms with E-state index < -0.39 is 28.5 Å². The number of para-hydroxylation sites is 1. The molecule has 3 aromatic rings. The van der Waals surface area contributed by atoms with Crippen LogP contribution in [0.15, 0.2) is 83.8 Å². The van der Waals surface area contributed by atoms with Crippen LogP contribution in [0.4, 0.5) is 5.69 Å². The number of nitrogens with one attached hydrogen (secondary N) is 1. The van der Waals surface area contributed by atoms with Gasteiger partial charge in [0, 0.05) is 18.1 Å². The summed E-state index contributed by atoms with van der Waals surface area (Å²) in [4.78, 5) is 28.3. The molecule has 0 aliphatic carbocycles. The fourth-order valence-electron chi connectivity index (χ4n) is 4.07. The number of sulfonamides is 1. The van der Waals surface area contributed by atoms with Crippen LogP contribution in [-0.4, -0.2) is 44.3 Å². The number of amides is 2. The Kier molecular flexibility index (Phi) is 10.3. The quantitative estimate of drug-likeness (QED) is 0.339. The van der Waals surface area contributed by atoms with Crippen LogP contribution in [0, 0.1) is 0 Å². The Bertz CT molecular complexity index is 1350. The second kappa shape index (κ2) is 13.4. The molecule has 1 atom stereocenters. The zero-order valence-electron chi connectivity index (χ0n) is 21.9. The summed E-state index contributed by atoms with van der Waals surface area (Å²) in [6.45, 7) is 5.54. The first kappa shape index (κ1) is 29.2. The monoisotopic (exact) mass is 555 g/mol. The highest BCUT2D eigenvalue weighted by Crippen LogP contribution is 2.28. The molecule has 3 rings (SSSR count). The van der Waals surface area contributed by atoms with Crippen LogP contribution in [0.2, 0.25) is 5.02 Å². The molecule has 9 heteroatoms. The van der Waals surface area contributed by atoms with Crippen molar-refractivity contribution >= 4 is 39.1 Å². The first-order valence-corrected chi connectivity index (χ1v) is 14.5. The molecule has 1 unspecified atom stereocenters. The van der Waals surface area contributed by atoms with Crippen LogP contribution < -0.4 is 9.62 Å². The van der Waals surface area contributed by atoms with E-state index in [4.69, 9.17) is 11.6 Å². The number of benzene rings is 3. The average molecular weight is 556 g/mol. The van der Waals surface area contributed by atoms with E-state index in [1.54, 1.807) is 61.5 Å². The topological polar surface area (TPSA) is 86.8 Å². The van der Waals surface area contributed by atoms with E-state index >= 15 is 0 Å². The molecule has 0 fully saturated rings. The summed E-state index contributed by atoms with van der Waals surface area (Å²) in [5, 5.41) is 3.28. The molecule has 1 N–H and O–H groups in total. The van der Waals surface area contributed by atoms with Gasteiger partial charge < -0.3 is 10.2 Å². The van der Waals surface area contributed by atoms with Crippen molar-refractivity contribution in [1.29, 1.82) is 0 Å². The Balaban J connectivity index is 2.05. The van der Waals surface area contributed by atoms with Crippen molar-refractivity contribution in [2.45, 2.75) is 51.1 Å². The fraction of sp³-hybridized carbons (Fsp3) is 0.310. The van der Waals surface area contributed by atoms with Crippen molar-refractivity contribution in [3.05, 3.63) is 95.0 Å². The van der Waals surface area contributed by atoms with E-state index in [2.05, 4.69) is 5.32 Å². The number of halogens is 1. The molecule has 0 aromatic heterocycles. The summed E-state index contributed by atoms with van der Waals surface area (Å²) in [5.74, 6) is -0.840. The second-order valence-electron chi connectivity index (χ2n) is 8.89. The number of nitrogens with zero attached hydrogens (tertiary/aromatic N) is 2. The van der Waals surface area contributed by atoms with E-state index in [0.717, 1.165) is 16.3 Å². The molecule has 0 saturated carbocycles. The highest BCUT2D eigenvalue weighted by Gasteiger charge is 2.33. The summed E-state index contributed by atoms with van der Waals surface area (Å²) >= 11 is 6.39. The molecule has 0 saturated heterocycles. The van der Waals surface area contributed by atoms with Crippen molar-refractivity contribution in [3.63, 3.8) is 0 Å². The summed E-state index contributed by atoms with van der Waals surface area (Å²) < 4.78 is 28.9. The molecule has 2 amide bonds. The van der Waals surface area contributed by atoms with Gasteiger partial charge in [0.25, 0.3) is 10.0 Å². The van der Waals surface area contributed by atoms with Gasteiger partial charge in [0.1, 0.15) is 12.6 Å². The molecule has 0 aliphatic rings. The molecular formula is C29H34ClN3O4S. The lowest BCUT2D eigenvalue weighted by molar-refractivity contribution is -0.139. The third kappa shape index (κ3) is 6.94. The van der Waals surface area contributed by atoms with Crippen LogP contribution in [0.25, 0.3) is 0 Å². The normalized spacial score (nSPS) is 12.0. The predicted molar refractivity (Wildman–Crippen MR) is 152 cm³/mol. The van der Waals surface area contributed by atoms with Crippen molar-refractivity contribution < 1.29 is 18.0 Å². The Morgan fingerprint density at radius 3 is 2.13 bits per heavy atom. The zero-order valence-corrected chi connectivity index (χ0v) is 23.5. The van der Waals surface area contributed by atoms with Gasteiger partial charge in [-0.15, -0.1) is 0 Å². The van der Waals surface area contributed by atoms with Crippen LogP contribution in [0.1, 0.15) is 38.3 Å². The maximum absolute atomic E-state index is 13.9. The number of hydrogen-bond donors (Lipinski definition) is 1. The van der Waals surface area contributed by atoms with Crippen LogP contribution in [0.3, 0.4) is 0 Å². The summed E-state index contributed by atoms with van der Waals surface area (Å²) in [7, 11) is -4.10. The minimum absolute atomic E-state index is 0.0495. The van der Waals surface area contributed by atoms with Crippen molar-refractivity contribution in [2.24, 2.45) is 0 Å². The van der Waals surface area contributed by atoms with Gasteiger partial charge in [0.15, 0.2) is 0 Å². The first-order valence-electron chi connectivity index (χ1n) is 12.7. The van der Waals surface area contributed by atoms with Crippen molar-refractivity contribution in [2.75, 3.05) is 17.4 Å². The molecule has 7 nitrogen and oxygen atoms in total. The van der Waals surface area contributed by atoms with Crippen molar-refractivity contribution in [3.8, 4) is 0 Å². The van der Waals surface area contributed by atoms with Crippen LogP contribution in [-0.2, 0) is 32.6 Å². The molecule has 0 aliphatic heterocycles. The van der Waals surface area contributed by atoms with Gasteiger partial charge in [0.05, 0.1) is 10.6 Å². The zero-order chi connectivity index (χ0) is 27.7. The highest BCUT2D eigenvalue weighted by molar-refractivity contribution is 7.92. The maximum atomic E-state index is 13.9. The van der Waals surface area contributed by atoms with Gasteiger partial charge in [-0.3, -0.25) is 13.9 Å². The first-order chi connectivity index (χ1) is 18.2. The Labute approximate surface area is 230 Å². The second-order valence-corrected chi connectivity index (χ2v) is 11.2. The molecule has 0 bridgehead atoms. The SMILES string of the molecule is CCCNC(=O)C(C)N(Cc1ccccc1Cl)C(=O)CN(c1ccccc1CC)S(=O)(=O)c1ccccc1. The number of carbonyl (C=O) groups is 2. The number of anilines is 1. The highest BCUT2D eigenvalue weighted by atomic mass is 35.5. The summed E-state index contributed by atoms with van der Waals surface area (Å²) in [6, 6.07) is 21.4. The molecule has 0 radical (unpaired) electrons. The Morgan fingerprint density at radius 2 is 1.50 bits per heavy atom. The lowest BCUT2D eigenvalue weighted by atomic mass is 10.1. The molecule has 202 valence electrons. The number of hydrogen-bond acceptors (Lipinski definition) is 4. The Morgan fingerprint density at radius 1 is 0.895 bits per heavy atom. The fourth-order valence-corrected chi connectivity index (χ4v) is 5.74. The van der Waals surface area contributed by atoms with Crippen molar-refractivity contribution in [1.82, 2.24) is 10.2 Å².